The Bertz CT molecular complexity index is 985. The Balaban J connectivity index is 1.77. The maximum atomic E-state index is 12.8. The molecule has 1 saturated heterocycles. The van der Waals surface area contributed by atoms with Gasteiger partial charge in [-0.1, -0.05) is 6.07 Å². The van der Waals surface area contributed by atoms with E-state index in [-0.39, 0.29) is 24.2 Å². The molecule has 7 nitrogen and oxygen atoms in total. The predicted molar refractivity (Wildman–Crippen MR) is 112 cm³/mol. The number of amides is 1. The molecule has 2 N–H and O–H groups in total. The molecule has 0 aromatic heterocycles. The predicted octanol–water partition coefficient (Wildman–Crippen LogP) is 3.87. The Morgan fingerprint density at radius 2 is 1.91 bits per heavy atom. The third-order valence-electron chi connectivity index (χ3n) is 4.73. The lowest BCUT2D eigenvalue weighted by molar-refractivity contribution is -0.137. The molecule has 2 aromatic carbocycles. The number of hydrogen-bond acceptors (Lipinski definition) is 5. The quantitative estimate of drug-likeness (QED) is 0.411. The van der Waals surface area contributed by atoms with Crippen molar-refractivity contribution in [1.82, 2.24) is 5.32 Å². The van der Waals surface area contributed by atoms with Crippen molar-refractivity contribution >= 4 is 23.5 Å². The normalized spacial score (nSPS) is 16.5. The average Bonchev–Trinajstić information content (AvgIpc) is 3.30. The highest BCUT2D eigenvalue weighted by Crippen LogP contribution is 2.29. The molecule has 1 aliphatic heterocycles. The number of nitrogens with one attached hydrogen (secondary N) is 2. The molecule has 1 atom stereocenters. The van der Waals surface area contributed by atoms with Gasteiger partial charge in [-0.15, -0.1) is 0 Å². The number of esters is 1. The molecule has 170 valence electrons. The van der Waals surface area contributed by atoms with E-state index in [1.165, 1.54) is 13.2 Å². The van der Waals surface area contributed by atoms with Gasteiger partial charge in [0.2, 0.25) is 5.96 Å². The van der Waals surface area contributed by atoms with E-state index in [9.17, 15) is 22.8 Å². The van der Waals surface area contributed by atoms with E-state index in [4.69, 9.17) is 9.47 Å². The zero-order valence-electron chi connectivity index (χ0n) is 17.2. The third-order valence-corrected chi connectivity index (χ3v) is 4.73. The summed E-state index contributed by atoms with van der Waals surface area (Å²) in [4.78, 5) is 28.7. The van der Waals surface area contributed by atoms with Crippen molar-refractivity contribution in [1.29, 1.82) is 0 Å². The first-order chi connectivity index (χ1) is 15.3. The van der Waals surface area contributed by atoms with Gasteiger partial charge in [0.25, 0.3) is 5.91 Å². The fourth-order valence-corrected chi connectivity index (χ4v) is 3.06. The van der Waals surface area contributed by atoms with Gasteiger partial charge in [0.1, 0.15) is 0 Å². The number of alkyl halides is 3. The SMILES string of the molecule is COC(=O)c1cccc(NC(=NCC2CCCO2)NC(=O)c2ccc(C(F)(F)F)cc2)c1. The van der Waals surface area contributed by atoms with Gasteiger partial charge in [-0.2, -0.15) is 13.2 Å². The highest BCUT2D eigenvalue weighted by Gasteiger charge is 2.30. The molecule has 10 heteroatoms. The number of halogens is 3. The van der Waals surface area contributed by atoms with Gasteiger partial charge in [0.15, 0.2) is 0 Å². The van der Waals surface area contributed by atoms with Crippen molar-refractivity contribution in [2.24, 2.45) is 4.99 Å². The van der Waals surface area contributed by atoms with Gasteiger partial charge in [0.05, 0.1) is 30.9 Å². The third kappa shape index (κ3) is 6.30. The summed E-state index contributed by atoms with van der Waals surface area (Å²) in [6.45, 7) is 0.925. The van der Waals surface area contributed by atoms with E-state index in [1.54, 1.807) is 18.2 Å². The van der Waals surface area contributed by atoms with Crippen LogP contribution >= 0.6 is 0 Å². The Hall–Kier alpha value is -3.40. The number of benzene rings is 2. The van der Waals surface area contributed by atoms with Crippen LogP contribution in [0.3, 0.4) is 0 Å². The molecular formula is C22H22F3N3O4. The van der Waals surface area contributed by atoms with Gasteiger partial charge in [-0.25, -0.2) is 9.79 Å². The van der Waals surface area contributed by atoms with E-state index in [0.717, 1.165) is 37.1 Å². The topological polar surface area (TPSA) is 89.0 Å². The number of methoxy groups -OCH3 is 1. The summed E-state index contributed by atoms with van der Waals surface area (Å²) < 4.78 is 48.5. The van der Waals surface area contributed by atoms with Gasteiger partial charge >= 0.3 is 12.1 Å². The number of guanidine groups is 1. The highest BCUT2D eigenvalue weighted by atomic mass is 19.4. The van der Waals surface area contributed by atoms with E-state index in [1.807, 2.05) is 0 Å². The van der Waals surface area contributed by atoms with E-state index < -0.39 is 23.6 Å². The van der Waals surface area contributed by atoms with Crippen LogP contribution in [0.15, 0.2) is 53.5 Å². The maximum Gasteiger partial charge on any atom is 0.416 e. The van der Waals surface area contributed by atoms with Gasteiger partial charge in [-0.3, -0.25) is 10.1 Å². The zero-order chi connectivity index (χ0) is 23.1. The number of rotatable bonds is 5. The van der Waals surface area contributed by atoms with Crippen molar-refractivity contribution in [2.45, 2.75) is 25.1 Å². The van der Waals surface area contributed by atoms with Crippen LogP contribution in [0, 0.1) is 0 Å². The van der Waals surface area contributed by atoms with Crippen LogP contribution in [0.4, 0.5) is 18.9 Å². The minimum atomic E-state index is -4.49. The molecule has 1 amide bonds. The second-order valence-electron chi connectivity index (χ2n) is 7.05. The Labute approximate surface area is 182 Å². The van der Waals surface area contributed by atoms with E-state index >= 15 is 0 Å². The number of carbonyl (C=O) groups excluding carboxylic acids is 2. The minimum Gasteiger partial charge on any atom is -0.465 e. The molecule has 0 saturated carbocycles. The molecule has 1 fully saturated rings. The fraction of sp³-hybridized carbons (Fsp3) is 0.318. The second-order valence-corrected chi connectivity index (χ2v) is 7.05. The number of aliphatic imine (C=N–C) groups is 1. The standard InChI is InChI=1S/C22H22F3N3O4/c1-31-20(30)15-4-2-5-17(12-15)27-21(26-13-18-6-3-11-32-18)28-19(29)14-7-9-16(10-8-14)22(23,24)25/h2,4-5,7-10,12,18H,3,6,11,13H2,1H3,(H2,26,27,28,29). The van der Waals surface area contributed by atoms with Gasteiger partial charge in [0, 0.05) is 17.9 Å². The summed E-state index contributed by atoms with van der Waals surface area (Å²) in [6, 6.07) is 10.2. The van der Waals surface area contributed by atoms with Gasteiger partial charge in [-0.05, 0) is 55.3 Å². The first-order valence-corrected chi connectivity index (χ1v) is 9.86. The summed E-state index contributed by atoms with van der Waals surface area (Å²) in [6.07, 6.45) is -2.82. The molecule has 0 bridgehead atoms. The molecule has 1 unspecified atom stereocenters. The summed E-state index contributed by atoms with van der Waals surface area (Å²) >= 11 is 0. The summed E-state index contributed by atoms with van der Waals surface area (Å²) in [5.41, 5.74) is -0.0521. The summed E-state index contributed by atoms with van der Waals surface area (Å²) in [5, 5.41) is 5.51. The smallest absolute Gasteiger partial charge is 0.416 e. The van der Waals surface area contributed by atoms with Gasteiger partial charge < -0.3 is 14.8 Å². The number of carbonyl (C=O) groups is 2. The first-order valence-electron chi connectivity index (χ1n) is 9.86. The van der Waals surface area contributed by atoms with Crippen molar-refractivity contribution in [3.63, 3.8) is 0 Å². The summed E-state index contributed by atoms with van der Waals surface area (Å²) in [5.74, 6) is -1.09. The summed E-state index contributed by atoms with van der Waals surface area (Å²) in [7, 11) is 1.27. The van der Waals surface area contributed by atoms with Crippen LogP contribution in [0.5, 0.6) is 0 Å². The molecule has 0 aliphatic carbocycles. The second kappa shape index (κ2) is 10.3. The number of ether oxygens (including phenoxy) is 2. The van der Waals surface area contributed by atoms with Crippen molar-refractivity contribution in [3.05, 3.63) is 65.2 Å². The molecular weight excluding hydrogens is 427 g/mol. The van der Waals surface area contributed by atoms with Crippen molar-refractivity contribution < 1.29 is 32.2 Å². The number of nitrogens with zero attached hydrogens (tertiary/aromatic N) is 1. The highest BCUT2D eigenvalue weighted by molar-refractivity contribution is 6.10. The van der Waals surface area contributed by atoms with Crippen LogP contribution in [-0.2, 0) is 15.7 Å². The number of anilines is 1. The molecule has 32 heavy (non-hydrogen) atoms. The van der Waals surface area contributed by atoms with Crippen LogP contribution in [0.25, 0.3) is 0 Å². The lowest BCUT2D eigenvalue weighted by Crippen LogP contribution is -2.36. The fourth-order valence-electron chi connectivity index (χ4n) is 3.06. The Kier molecular flexibility index (Phi) is 7.47. The lowest BCUT2D eigenvalue weighted by atomic mass is 10.1. The average molecular weight is 449 g/mol. The Morgan fingerprint density at radius 1 is 1.16 bits per heavy atom. The van der Waals surface area contributed by atoms with Crippen LogP contribution in [0.1, 0.15) is 39.1 Å². The van der Waals surface area contributed by atoms with Crippen LogP contribution < -0.4 is 10.6 Å². The Morgan fingerprint density at radius 3 is 2.53 bits per heavy atom. The van der Waals surface area contributed by atoms with Crippen molar-refractivity contribution in [2.75, 3.05) is 25.6 Å². The largest absolute Gasteiger partial charge is 0.465 e. The lowest BCUT2D eigenvalue weighted by Gasteiger charge is -2.14. The zero-order valence-corrected chi connectivity index (χ0v) is 17.2. The van der Waals surface area contributed by atoms with E-state index in [2.05, 4.69) is 15.6 Å². The molecule has 1 aliphatic rings. The molecule has 0 radical (unpaired) electrons. The van der Waals surface area contributed by atoms with Crippen molar-refractivity contribution in [3.8, 4) is 0 Å². The molecule has 3 rings (SSSR count). The number of hydrogen-bond donors (Lipinski definition) is 2. The molecule has 2 aromatic rings. The van der Waals surface area contributed by atoms with Crippen LogP contribution in [-0.4, -0.2) is 44.2 Å². The van der Waals surface area contributed by atoms with E-state index in [0.29, 0.717) is 17.9 Å². The molecule has 0 spiro atoms. The maximum absolute atomic E-state index is 12.8. The monoisotopic (exact) mass is 449 g/mol. The minimum absolute atomic E-state index is 0.0351. The first kappa shape index (κ1) is 23.3. The van der Waals surface area contributed by atoms with Crippen LogP contribution in [0.2, 0.25) is 0 Å². The molecule has 1 heterocycles.